The first kappa shape index (κ1) is 23.1. The Morgan fingerprint density at radius 2 is 1.94 bits per heavy atom. The van der Waals surface area contributed by atoms with E-state index in [1.165, 1.54) is 25.9 Å². The molecule has 0 saturated carbocycles. The van der Waals surface area contributed by atoms with E-state index in [2.05, 4.69) is 11.8 Å². The van der Waals surface area contributed by atoms with Gasteiger partial charge in [-0.1, -0.05) is 13.0 Å². The number of hydrogen-bond acceptors (Lipinski definition) is 6. The van der Waals surface area contributed by atoms with E-state index in [9.17, 15) is 4.79 Å². The average molecular weight is 452 g/mol. The Labute approximate surface area is 194 Å². The summed E-state index contributed by atoms with van der Waals surface area (Å²) in [5.74, 6) is 3.21. The number of hydrogen-bond donors (Lipinski definition) is 0. The van der Waals surface area contributed by atoms with Crippen LogP contribution in [-0.2, 0) is 7.05 Å². The van der Waals surface area contributed by atoms with Gasteiger partial charge in [0.2, 0.25) is 0 Å². The van der Waals surface area contributed by atoms with E-state index < -0.39 is 0 Å². The largest absolute Gasteiger partial charge is 0.496 e. The maximum Gasteiger partial charge on any atom is 0.261 e. The van der Waals surface area contributed by atoms with Crippen LogP contribution in [0.2, 0.25) is 0 Å². The first-order valence-electron chi connectivity index (χ1n) is 11.6. The highest BCUT2D eigenvalue weighted by atomic mass is 16.5. The minimum atomic E-state index is -0.136. The lowest BCUT2D eigenvalue weighted by Gasteiger charge is -2.30. The fourth-order valence-corrected chi connectivity index (χ4v) is 4.59. The molecule has 176 valence electrons. The topological polar surface area (TPSA) is 65.8 Å². The fraction of sp³-hybridized carbons (Fsp3) is 0.462. The van der Waals surface area contributed by atoms with Crippen molar-refractivity contribution in [2.45, 2.75) is 26.2 Å². The molecule has 0 bridgehead atoms. The van der Waals surface area contributed by atoms with Crippen molar-refractivity contribution in [2.24, 2.45) is 13.0 Å². The highest BCUT2D eigenvalue weighted by Gasteiger charge is 2.18. The summed E-state index contributed by atoms with van der Waals surface area (Å²) in [4.78, 5) is 20.3. The minimum absolute atomic E-state index is 0.136. The first-order valence-corrected chi connectivity index (χ1v) is 11.6. The summed E-state index contributed by atoms with van der Waals surface area (Å²) >= 11 is 0. The maximum atomic E-state index is 13.0. The normalized spacial score (nSPS) is 16.7. The third kappa shape index (κ3) is 4.98. The lowest BCUT2D eigenvalue weighted by molar-refractivity contribution is 0.170. The molecule has 1 fully saturated rings. The Hall–Kier alpha value is -3.06. The summed E-state index contributed by atoms with van der Waals surface area (Å²) in [7, 11) is 4.90. The van der Waals surface area contributed by atoms with E-state index in [0.29, 0.717) is 34.8 Å². The van der Waals surface area contributed by atoms with Gasteiger partial charge >= 0.3 is 0 Å². The molecule has 1 aromatic heterocycles. The molecule has 33 heavy (non-hydrogen) atoms. The second kappa shape index (κ2) is 10.3. The van der Waals surface area contributed by atoms with E-state index >= 15 is 0 Å². The van der Waals surface area contributed by atoms with Crippen LogP contribution in [-0.4, -0.2) is 54.9 Å². The molecule has 0 unspecified atom stereocenters. The molecule has 1 aliphatic heterocycles. The van der Waals surface area contributed by atoms with Crippen LogP contribution < -0.4 is 19.8 Å². The van der Waals surface area contributed by atoms with Crippen molar-refractivity contribution in [1.82, 2.24) is 14.5 Å². The van der Waals surface area contributed by atoms with Gasteiger partial charge in [0, 0.05) is 26.2 Å². The van der Waals surface area contributed by atoms with Gasteiger partial charge in [0.25, 0.3) is 5.56 Å². The van der Waals surface area contributed by atoms with Crippen LogP contribution in [0.1, 0.15) is 26.2 Å². The number of aromatic nitrogens is 2. The van der Waals surface area contributed by atoms with Crippen molar-refractivity contribution in [3.63, 3.8) is 0 Å². The molecule has 4 rings (SSSR count). The summed E-state index contributed by atoms with van der Waals surface area (Å²) in [5, 5.41) is 0.516. The zero-order chi connectivity index (χ0) is 23.4. The summed E-state index contributed by atoms with van der Waals surface area (Å²) < 4.78 is 18.6. The number of methoxy groups -OCH3 is 2. The standard InChI is InChI=1S/C26H33N3O4/c1-18-8-6-13-29(17-18)14-7-15-33-19-11-12-20(23(16-19)32-4)25-27-24-21(26(30)28(25)2)9-5-10-22(24)31-3/h5,9-12,16,18H,6-8,13-15,17H2,1-4H3/t18-/m0/s1. The molecule has 0 amide bonds. The SMILES string of the molecule is COc1cc(OCCCN2CCC[C@H](C)C2)ccc1-c1nc2c(OC)cccc2c(=O)n1C. The molecular formula is C26H33N3O4. The van der Waals surface area contributed by atoms with Gasteiger partial charge in [-0.25, -0.2) is 4.98 Å². The zero-order valence-electron chi connectivity index (χ0n) is 20.0. The predicted molar refractivity (Wildman–Crippen MR) is 130 cm³/mol. The molecule has 0 N–H and O–H groups in total. The maximum absolute atomic E-state index is 13.0. The third-order valence-corrected chi connectivity index (χ3v) is 6.33. The molecule has 0 radical (unpaired) electrons. The van der Waals surface area contributed by atoms with Gasteiger partial charge in [0.05, 0.1) is 31.8 Å². The van der Waals surface area contributed by atoms with E-state index in [0.717, 1.165) is 30.2 Å². The molecule has 0 spiro atoms. The zero-order valence-corrected chi connectivity index (χ0v) is 20.0. The van der Waals surface area contributed by atoms with Crippen LogP contribution >= 0.6 is 0 Å². The number of benzene rings is 2. The van der Waals surface area contributed by atoms with E-state index in [4.69, 9.17) is 19.2 Å². The van der Waals surface area contributed by atoms with Gasteiger partial charge in [0.1, 0.15) is 28.6 Å². The van der Waals surface area contributed by atoms with Gasteiger partial charge in [-0.2, -0.15) is 0 Å². The van der Waals surface area contributed by atoms with Crippen LogP contribution in [0.15, 0.2) is 41.2 Å². The van der Waals surface area contributed by atoms with Gasteiger partial charge in [-0.05, 0) is 56.0 Å². The molecule has 3 aromatic rings. The molecule has 2 aromatic carbocycles. The number of rotatable bonds is 8. The van der Waals surface area contributed by atoms with Crippen LogP contribution in [0.5, 0.6) is 17.2 Å². The second-order valence-electron chi connectivity index (χ2n) is 8.77. The molecule has 0 aliphatic carbocycles. The van der Waals surface area contributed by atoms with E-state index in [1.54, 1.807) is 44.0 Å². The van der Waals surface area contributed by atoms with Gasteiger partial charge < -0.3 is 19.1 Å². The van der Waals surface area contributed by atoms with Crippen molar-refractivity contribution in [3.05, 3.63) is 46.8 Å². The number of fused-ring (bicyclic) bond motifs is 1. The smallest absolute Gasteiger partial charge is 0.261 e. The number of likely N-dealkylation sites (tertiary alicyclic amines) is 1. The van der Waals surface area contributed by atoms with Crippen molar-refractivity contribution in [3.8, 4) is 28.6 Å². The first-order chi connectivity index (χ1) is 16.0. The summed E-state index contributed by atoms with van der Waals surface area (Å²) in [5.41, 5.74) is 1.12. The highest BCUT2D eigenvalue weighted by molar-refractivity contribution is 5.85. The quantitative estimate of drug-likeness (QED) is 0.480. The van der Waals surface area contributed by atoms with Crippen molar-refractivity contribution >= 4 is 10.9 Å². The second-order valence-corrected chi connectivity index (χ2v) is 8.77. The molecule has 7 heteroatoms. The van der Waals surface area contributed by atoms with Crippen molar-refractivity contribution in [2.75, 3.05) is 40.5 Å². The molecule has 2 heterocycles. The van der Waals surface area contributed by atoms with Crippen LogP contribution in [0.4, 0.5) is 0 Å². The minimum Gasteiger partial charge on any atom is -0.496 e. The predicted octanol–water partition coefficient (Wildman–Crippen LogP) is 4.12. The van der Waals surface area contributed by atoms with Crippen LogP contribution in [0.25, 0.3) is 22.3 Å². The van der Waals surface area contributed by atoms with Gasteiger partial charge in [0.15, 0.2) is 0 Å². The highest BCUT2D eigenvalue weighted by Crippen LogP contribution is 2.33. The third-order valence-electron chi connectivity index (χ3n) is 6.33. The summed E-state index contributed by atoms with van der Waals surface area (Å²) in [6.45, 7) is 6.41. The average Bonchev–Trinajstić information content (AvgIpc) is 2.83. The number of ether oxygens (including phenoxy) is 3. The Morgan fingerprint density at radius 3 is 2.70 bits per heavy atom. The molecule has 7 nitrogen and oxygen atoms in total. The lowest BCUT2D eigenvalue weighted by Crippen LogP contribution is -2.35. The van der Waals surface area contributed by atoms with E-state index in [-0.39, 0.29) is 5.56 Å². The van der Waals surface area contributed by atoms with E-state index in [1.807, 2.05) is 18.2 Å². The van der Waals surface area contributed by atoms with Crippen molar-refractivity contribution in [1.29, 1.82) is 0 Å². The van der Waals surface area contributed by atoms with Gasteiger partial charge in [-0.15, -0.1) is 0 Å². The number of piperidine rings is 1. The molecule has 1 atom stereocenters. The Morgan fingerprint density at radius 1 is 1.12 bits per heavy atom. The lowest BCUT2D eigenvalue weighted by atomic mass is 10.0. The van der Waals surface area contributed by atoms with Gasteiger partial charge in [-0.3, -0.25) is 9.36 Å². The number of para-hydroxylation sites is 1. The fourth-order valence-electron chi connectivity index (χ4n) is 4.59. The molecule has 1 saturated heterocycles. The number of nitrogens with zero attached hydrogens (tertiary/aromatic N) is 3. The monoisotopic (exact) mass is 451 g/mol. The molecular weight excluding hydrogens is 418 g/mol. The summed E-state index contributed by atoms with van der Waals surface area (Å²) in [6, 6.07) is 11.0. The Bertz CT molecular complexity index is 1170. The van der Waals surface area contributed by atoms with Crippen molar-refractivity contribution < 1.29 is 14.2 Å². The van der Waals surface area contributed by atoms with Crippen LogP contribution in [0, 0.1) is 5.92 Å². The summed E-state index contributed by atoms with van der Waals surface area (Å²) in [6.07, 6.45) is 3.61. The Kier molecular flexibility index (Phi) is 7.18. The molecule has 1 aliphatic rings. The van der Waals surface area contributed by atoms with Crippen LogP contribution in [0.3, 0.4) is 0 Å². The Balaban J connectivity index is 1.53.